The molecule has 0 saturated heterocycles. The van der Waals surface area contributed by atoms with E-state index in [9.17, 15) is 9.50 Å². The van der Waals surface area contributed by atoms with E-state index < -0.39 is 11.9 Å². The molecule has 0 aliphatic heterocycles. The molecule has 0 fully saturated rings. The lowest BCUT2D eigenvalue weighted by Crippen LogP contribution is -1.95. The van der Waals surface area contributed by atoms with Crippen molar-refractivity contribution in [2.75, 3.05) is 0 Å². The van der Waals surface area contributed by atoms with Crippen molar-refractivity contribution in [1.82, 2.24) is 0 Å². The molecular formula is C16H17FO2. The summed E-state index contributed by atoms with van der Waals surface area (Å²) in [5, 5.41) is 9.39. The first-order valence-corrected chi connectivity index (χ1v) is 6.19. The quantitative estimate of drug-likeness (QED) is 0.892. The van der Waals surface area contributed by atoms with E-state index in [0.717, 1.165) is 11.1 Å². The molecule has 2 nitrogen and oxygen atoms in total. The Bertz CT molecular complexity index is 571. The Morgan fingerprint density at radius 2 is 1.68 bits per heavy atom. The molecule has 0 amide bonds. The van der Waals surface area contributed by atoms with Gasteiger partial charge in [0.2, 0.25) is 0 Å². The third-order valence-corrected chi connectivity index (χ3v) is 2.86. The van der Waals surface area contributed by atoms with E-state index in [2.05, 4.69) is 0 Å². The lowest BCUT2D eigenvalue weighted by molar-refractivity contribution is 0.198. The van der Waals surface area contributed by atoms with Crippen molar-refractivity contribution >= 4 is 0 Å². The SMILES string of the molecule is Cc1cc(C)cc(Oc2ccc([C@H](C)O)cc2F)c1. The van der Waals surface area contributed by atoms with Crippen molar-refractivity contribution in [3.63, 3.8) is 0 Å². The van der Waals surface area contributed by atoms with Gasteiger partial charge < -0.3 is 9.84 Å². The number of benzene rings is 2. The molecule has 2 aromatic carbocycles. The lowest BCUT2D eigenvalue weighted by Gasteiger charge is -2.11. The Kier molecular flexibility index (Phi) is 3.86. The summed E-state index contributed by atoms with van der Waals surface area (Å²) in [5.41, 5.74) is 2.66. The van der Waals surface area contributed by atoms with Crippen LogP contribution < -0.4 is 4.74 Å². The van der Waals surface area contributed by atoms with Crippen LogP contribution in [0.1, 0.15) is 29.7 Å². The van der Waals surface area contributed by atoms with Crippen LogP contribution in [0.2, 0.25) is 0 Å². The standard InChI is InChI=1S/C16H17FO2/c1-10-6-11(2)8-14(7-10)19-16-5-4-13(12(3)18)9-15(16)17/h4-9,12,18H,1-3H3/t12-/m0/s1. The molecule has 1 atom stereocenters. The van der Waals surface area contributed by atoms with Gasteiger partial charge in [0, 0.05) is 0 Å². The van der Waals surface area contributed by atoms with E-state index in [4.69, 9.17) is 4.74 Å². The van der Waals surface area contributed by atoms with Crippen molar-refractivity contribution in [3.8, 4) is 11.5 Å². The highest BCUT2D eigenvalue weighted by Gasteiger charge is 2.09. The molecule has 3 heteroatoms. The molecule has 0 aliphatic carbocycles. The second-order valence-corrected chi connectivity index (χ2v) is 4.79. The molecule has 1 N–H and O–H groups in total. The first-order valence-electron chi connectivity index (χ1n) is 6.19. The molecule has 100 valence electrons. The van der Waals surface area contributed by atoms with Crippen molar-refractivity contribution in [3.05, 3.63) is 58.9 Å². The number of hydrogen-bond donors (Lipinski definition) is 1. The molecule has 0 radical (unpaired) electrons. The number of rotatable bonds is 3. The summed E-state index contributed by atoms with van der Waals surface area (Å²) in [7, 11) is 0. The van der Waals surface area contributed by atoms with Gasteiger partial charge in [0.1, 0.15) is 5.75 Å². The highest BCUT2D eigenvalue weighted by atomic mass is 19.1. The highest BCUT2D eigenvalue weighted by Crippen LogP contribution is 2.28. The minimum atomic E-state index is -0.690. The molecule has 0 heterocycles. The minimum absolute atomic E-state index is 0.161. The number of aryl methyl sites for hydroxylation is 2. The molecule has 0 unspecified atom stereocenters. The molecule has 19 heavy (non-hydrogen) atoms. The van der Waals surface area contributed by atoms with Crippen molar-refractivity contribution in [2.45, 2.75) is 26.9 Å². The predicted octanol–water partition coefficient (Wildman–Crippen LogP) is 4.29. The number of hydrogen-bond acceptors (Lipinski definition) is 2. The van der Waals surface area contributed by atoms with Crippen LogP contribution >= 0.6 is 0 Å². The summed E-state index contributed by atoms with van der Waals surface area (Å²) >= 11 is 0. The van der Waals surface area contributed by atoms with Gasteiger partial charge in [-0.25, -0.2) is 4.39 Å². The summed E-state index contributed by atoms with van der Waals surface area (Å²) in [6.45, 7) is 5.53. The molecule has 0 spiro atoms. The Balaban J connectivity index is 2.28. The van der Waals surface area contributed by atoms with Gasteiger partial charge in [-0.1, -0.05) is 12.1 Å². The Hall–Kier alpha value is -1.87. The maximum absolute atomic E-state index is 13.9. The Labute approximate surface area is 112 Å². The molecule has 0 aliphatic rings. The molecule has 0 bridgehead atoms. The van der Waals surface area contributed by atoms with Crippen LogP contribution in [-0.2, 0) is 0 Å². The van der Waals surface area contributed by atoms with E-state index in [-0.39, 0.29) is 5.75 Å². The second kappa shape index (κ2) is 5.41. The monoisotopic (exact) mass is 260 g/mol. The average Bonchev–Trinajstić information content (AvgIpc) is 2.30. The number of halogens is 1. The van der Waals surface area contributed by atoms with Crippen molar-refractivity contribution < 1.29 is 14.2 Å². The van der Waals surface area contributed by atoms with E-state index in [1.807, 2.05) is 32.0 Å². The molecule has 2 rings (SSSR count). The van der Waals surface area contributed by atoms with E-state index in [0.29, 0.717) is 11.3 Å². The van der Waals surface area contributed by atoms with Crippen LogP contribution in [0.25, 0.3) is 0 Å². The summed E-state index contributed by atoms with van der Waals surface area (Å²) in [5.74, 6) is 0.299. The van der Waals surface area contributed by atoms with Crippen LogP contribution in [0.5, 0.6) is 11.5 Å². The summed E-state index contributed by atoms with van der Waals surface area (Å²) in [6.07, 6.45) is -0.690. The first-order chi connectivity index (χ1) is 8.95. The number of aliphatic hydroxyl groups excluding tert-OH is 1. The predicted molar refractivity (Wildman–Crippen MR) is 73.0 cm³/mol. The lowest BCUT2D eigenvalue weighted by atomic mass is 10.1. The summed E-state index contributed by atoms with van der Waals surface area (Å²) in [4.78, 5) is 0. The zero-order valence-electron chi connectivity index (χ0n) is 11.3. The van der Waals surface area contributed by atoms with Gasteiger partial charge in [-0.15, -0.1) is 0 Å². The van der Waals surface area contributed by atoms with Gasteiger partial charge in [0.05, 0.1) is 6.10 Å². The zero-order chi connectivity index (χ0) is 14.0. The van der Waals surface area contributed by atoms with E-state index >= 15 is 0 Å². The third kappa shape index (κ3) is 3.32. The van der Waals surface area contributed by atoms with Crippen LogP contribution in [0, 0.1) is 19.7 Å². The maximum Gasteiger partial charge on any atom is 0.166 e. The van der Waals surface area contributed by atoms with E-state index in [1.165, 1.54) is 12.1 Å². The van der Waals surface area contributed by atoms with Crippen LogP contribution in [0.15, 0.2) is 36.4 Å². The number of ether oxygens (including phenoxy) is 1. The average molecular weight is 260 g/mol. The zero-order valence-corrected chi connectivity index (χ0v) is 11.3. The van der Waals surface area contributed by atoms with E-state index in [1.54, 1.807) is 13.0 Å². The van der Waals surface area contributed by atoms with Gasteiger partial charge in [-0.3, -0.25) is 0 Å². The van der Waals surface area contributed by atoms with Crippen LogP contribution in [-0.4, -0.2) is 5.11 Å². The molecule has 0 saturated carbocycles. The fourth-order valence-electron chi connectivity index (χ4n) is 1.98. The highest BCUT2D eigenvalue weighted by molar-refractivity contribution is 5.38. The van der Waals surface area contributed by atoms with Gasteiger partial charge in [0.25, 0.3) is 0 Å². The fourth-order valence-corrected chi connectivity index (χ4v) is 1.98. The maximum atomic E-state index is 13.9. The normalized spacial score (nSPS) is 12.3. The van der Waals surface area contributed by atoms with Gasteiger partial charge in [0.15, 0.2) is 11.6 Å². The Morgan fingerprint density at radius 1 is 1.05 bits per heavy atom. The fraction of sp³-hybridized carbons (Fsp3) is 0.250. The van der Waals surface area contributed by atoms with Gasteiger partial charge in [-0.2, -0.15) is 0 Å². The van der Waals surface area contributed by atoms with Crippen molar-refractivity contribution in [1.29, 1.82) is 0 Å². The van der Waals surface area contributed by atoms with Gasteiger partial charge in [-0.05, 0) is 61.7 Å². The first kappa shape index (κ1) is 13.6. The number of aliphatic hydroxyl groups is 1. The third-order valence-electron chi connectivity index (χ3n) is 2.86. The summed E-state index contributed by atoms with van der Waals surface area (Å²) < 4.78 is 19.4. The Morgan fingerprint density at radius 3 is 2.21 bits per heavy atom. The van der Waals surface area contributed by atoms with Gasteiger partial charge >= 0.3 is 0 Å². The smallest absolute Gasteiger partial charge is 0.166 e. The summed E-state index contributed by atoms with van der Waals surface area (Å²) in [6, 6.07) is 10.2. The van der Waals surface area contributed by atoms with Crippen LogP contribution in [0.3, 0.4) is 0 Å². The van der Waals surface area contributed by atoms with Crippen molar-refractivity contribution in [2.24, 2.45) is 0 Å². The van der Waals surface area contributed by atoms with Crippen LogP contribution in [0.4, 0.5) is 4.39 Å². The molecule has 2 aromatic rings. The molecule has 0 aromatic heterocycles. The second-order valence-electron chi connectivity index (χ2n) is 4.79. The molecular weight excluding hydrogens is 243 g/mol. The minimum Gasteiger partial charge on any atom is -0.454 e. The largest absolute Gasteiger partial charge is 0.454 e. The topological polar surface area (TPSA) is 29.5 Å².